The number of unbranched alkanes of at least 4 members (excludes halogenated alkanes) is 1. The van der Waals surface area contributed by atoms with E-state index in [0.29, 0.717) is 12.0 Å². The van der Waals surface area contributed by atoms with Gasteiger partial charge in [0, 0.05) is 24.8 Å². The van der Waals surface area contributed by atoms with Crippen molar-refractivity contribution in [2.45, 2.75) is 65.5 Å². The molecule has 0 aliphatic heterocycles. The number of rotatable bonds is 10. The summed E-state index contributed by atoms with van der Waals surface area (Å²) in [6, 6.07) is 0.407. The van der Waals surface area contributed by atoms with E-state index < -0.39 is 0 Å². The molecule has 0 amide bonds. The third-order valence-electron chi connectivity index (χ3n) is 2.70. The first-order chi connectivity index (χ1) is 7.89. The molecule has 2 N–H and O–H groups in total. The molecule has 1 unspecified atom stereocenters. The fraction of sp³-hybridized carbons (Fsp3) is 1.00. The SMILES string of the molecule is CC(C)COCCCCC(C)(CO)NC(C)C. The molecule has 0 heterocycles. The van der Waals surface area contributed by atoms with Crippen LogP contribution in [0.1, 0.15) is 53.9 Å². The van der Waals surface area contributed by atoms with Crippen LogP contribution in [0.25, 0.3) is 0 Å². The lowest BCUT2D eigenvalue weighted by molar-refractivity contribution is 0.101. The van der Waals surface area contributed by atoms with E-state index in [4.69, 9.17) is 4.74 Å². The molecule has 0 fully saturated rings. The average molecular weight is 245 g/mol. The van der Waals surface area contributed by atoms with Crippen molar-refractivity contribution in [1.29, 1.82) is 0 Å². The van der Waals surface area contributed by atoms with Crippen molar-refractivity contribution in [3.8, 4) is 0 Å². The van der Waals surface area contributed by atoms with Crippen LogP contribution in [-0.2, 0) is 4.74 Å². The van der Waals surface area contributed by atoms with E-state index in [1.807, 2.05) is 0 Å². The average Bonchev–Trinajstić information content (AvgIpc) is 2.22. The van der Waals surface area contributed by atoms with Crippen molar-refractivity contribution < 1.29 is 9.84 Å². The molecular weight excluding hydrogens is 214 g/mol. The minimum Gasteiger partial charge on any atom is -0.394 e. The zero-order valence-electron chi connectivity index (χ0n) is 12.3. The van der Waals surface area contributed by atoms with E-state index in [2.05, 4.69) is 39.9 Å². The maximum atomic E-state index is 9.42. The summed E-state index contributed by atoms with van der Waals surface area (Å²) in [5.41, 5.74) is -0.147. The van der Waals surface area contributed by atoms with E-state index in [1.54, 1.807) is 0 Å². The van der Waals surface area contributed by atoms with E-state index in [-0.39, 0.29) is 12.1 Å². The summed E-state index contributed by atoms with van der Waals surface area (Å²) in [7, 11) is 0. The summed E-state index contributed by atoms with van der Waals surface area (Å²) < 4.78 is 5.54. The zero-order chi connectivity index (χ0) is 13.3. The van der Waals surface area contributed by atoms with Crippen molar-refractivity contribution in [3.63, 3.8) is 0 Å². The van der Waals surface area contributed by atoms with Gasteiger partial charge in [-0.2, -0.15) is 0 Å². The highest BCUT2D eigenvalue weighted by atomic mass is 16.5. The maximum absolute atomic E-state index is 9.42. The third kappa shape index (κ3) is 9.57. The Balaban J connectivity index is 3.62. The second-order valence-electron chi connectivity index (χ2n) is 5.94. The molecule has 0 rings (SSSR count). The molecule has 0 bridgehead atoms. The summed E-state index contributed by atoms with van der Waals surface area (Å²) in [6.07, 6.45) is 3.16. The summed E-state index contributed by atoms with van der Waals surface area (Å²) in [5.74, 6) is 0.611. The minimum atomic E-state index is -0.147. The predicted octanol–water partition coefficient (Wildman–Crippen LogP) is 2.58. The van der Waals surface area contributed by atoms with Crippen molar-refractivity contribution in [3.05, 3.63) is 0 Å². The van der Waals surface area contributed by atoms with Crippen LogP contribution in [0.4, 0.5) is 0 Å². The third-order valence-corrected chi connectivity index (χ3v) is 2.70. The van der Waals surface area contributed by atoms with Crippen molar-refractivity contribution >= 4 is 0 Å². The van der Waals surface area contributed by atoms with E-state index in [0.717, 1.165) is 32.5 Å². The smallest absolute Gasteiger partial charge is 0.0610 e. The second-order valence-corrected chi connectivity index (χ2v) is 5.94. The zero-order valence-corrected chi connectivity index (χ0v) is 12.3. The van der Waals surface area contributed by atoms with Crippen LogP contribution in [0.5, 0.6) is 0 Å². The monoisotopic (exact) mass is 245 g/mol. The molecule has 17 heavy (non-hydrogen) atoms. The van der Waals surface area contributed by atoms with E-state index >= 15 is 0 Å². The summed E-state index contributed by atoms with van der Waals surface area (Å²) in [5, 5.41) is 12.8. The quantitative estimate of drug-likeness (QED) is 0.581. The van der Waals surface area contributed by atoms with Gasteiger partial charge in [0.05, 0.1) is 6.61 Å². The van der Waals surface area contributed by atoms with Gasteiger partial charge in [0.2, 0.25) is 0 Å². The van der Waals surface area contributed by atoms with Crippen molar-refractivity contribution in [1.82, 2.24) is 5.32 Å². The van der Waals surface area contributed by atoms with Crippen LogP contribution in [0, 0.1) is 5.92 Å². The Morgan fingerprint density at radius 2 is 1.82 bits per heavy atom. The highest BCUT2D eigenvalue weighted by Gasteiger charge is 2.22. The molecule has 0 aliphatic carbocycles. The molecular formula is C14H31NO2. The van der Waals surface area contributed by atoms with E-state index in [9.17, 15) is 5.11 Å². The van der Waals surface area contributed by atoms with Crippen LogP contribution < -0.4 is 5.32 Å². The molecule has 0 spiro atoms. The lowest BCUT2D eigenvalue weighted by atomic mass is 9.95. The summed E-state index contributed by atoms with van der Waals surface area (Å²) in [4.78, 5) is 0. The predicted molar refractivity (Wildman–Crippen MR) is 73.3 cm³/mol. The summed E-state index contributed by atoms with van der Waals surface area (Å²) >= 11 is 0. The molecule has 104 valence electrons. The second kappa shape index (κ2) is 8.90. The van der Waals surface area contributed by atoms with Crippen LogP contribution in [-0.4, -0.2) is 36.5 Å². The Labute approximate surface area is 107 Å². The Kier molecular flexibility index (Phi) is 8.83. The first kappa shape index (κ1) is 16.9. The van der Waals surface area contributed by atoms with Gasteiger partial charge in [-0.25, -0.2) is 0 Å². The molecule has 0 aromatic carbocycles. The van der Waals surface area contributed by atoms with Gasteiger partial charge < -0.3 is 15.2 Å². The van der Waals surface area contributed by atoms with Gasteiger partial charge >= 0.3 is 0 Å². The molecule has 0 saturated heterocycles. The number of aliphatic hydroxyl groups is 1. The highest BCUT2D eigenvalue weighted by molar-refractivity contribution is 4.83. The first-order valence-corrected chi connectivity index (χ1v) is 6.86. The molecule has 0 aromatic heterocycles. The number of ether oxygens (including phenoxy) is 1. The first-order valence-electron chi connectivity index (χ1n) is 6.86. The van der Waals surface area contributed by atoms with Crippen LogP contribution in [0.3, 0.4) is 0 Å². The van der Waals surface area contributed by atoms with Gasteiger partial charge in [0.15, 0.2) is 0 Å². The van der Waals surface area contributed by atoms with Gasteiger partial charge in [-0.1, -0.05) is 27.7 Å². The fourth-order valence-corrected chi connectivity index (χ4v) is 1.93. The van der Waals surface area contributed by atoms with Gasteiger partial charge in [-0.05, 0) is 32.1 Å². The topological polar surface area (TPSA) is 41.5 Å². The molecule has 3 nitrogen and oxygen atoms in total. The van der Waals surface area contributed by atoms with Gasteiger partial charge in [-0.15, -0.1) is 0 Å². The van der Waals surface area contributed by atoms with Gasteiger partial charge in [-0.3, -0.25) is 0 Å². The number of hydrogen-bond acceptors (Lipinski definition) is 3. The number of nitrogens with one attached hydrogen (secondary N) is 1. The van der Waals surface area contributed by atoms with Crippen LogP contribution >= 0.6 is 0 Å². The van der Waals surface area contributed by atoms with Crippen LogP contribution in [0.15, 0.2) is 0 Å². The fourth-order valence-electron chi connectivity index (χ4n) is 1.93. The van der Waals surface area contributed by atoms with Crippen molar-refractivity contribution in [2.75, 3.05) is 19.8 Å². The normalized spacial score (nSPS) is 15.5. The molecule has 3 heteroatoms. The van der Waals surface area contributed by atoms with Crippen LogP contribution in [0.2, 0.25) is 0 Å². The van der Waals surface area contributed by atoms with Crippen molar-refractivity contribution in [2.24, 2.45) is 5.92 Å². The minimum absolute atomic E-state index is 0.147. The maximum Gasteiger partial charge on any atom is 0.0610 e. The Morgan fingerprint density at radius 1 is 1.18 bits per heavy atom. The standard InChI is InChI=1S/C14H31NO2/c1-12(2)10-17-9-7-6-8-14(5,11-16)15-13(3)4/h12-13,15-16H,6-11H2,1-5H3. The highest BCUT2D eigenvalue weighted by Crippen LogP contribution is 2.14. The number of hydrogen-bond donors (Lipinski definition) is 2. The molecule has 0 radical (unpaired) electrons. The molecule has 1 atom stereocenters. The molecule has 0 saturated carbocycles. The Bertz CT molecular complexity index is 183. The number of aliphatic hydroxyl groups excluding tert-OH is 1. The Hall–Kier alpha value is -0.120. The van der Waals surface area contributed by atoms with Gasteiger partial charge in [0.1, 0.15) is 0 Å². The van der Waals surface area contributed by atoms with E-state index in [1.165, 1.54) is 0 Å². The lowest BCUT2D eigenvalue weighted by Gasteiger charge is -2.31. The van der Waals surface area contributed by atoms with Gasteiger partial charge in [0.25, 0.3) is 0 Å². The molecule has 0 aromatic rings. The lowest BCUT2D eigenvalue weighted by Crippen LogP contribution is -2.49. The largest absolute Gasteiger partial charge is 0.394 e. The summed E-state index contributed by atoms with van der Waals surface area (Å²) in [6.45, 7) is 12.5. The molecule has 0 aliphatic rings. The Morgan fingerprint density at radius 3 is 2.29 bits per heavy atom.